The van der Waals surface area contributed by atoms with E-state index in [2.05, 4.69) is 5.32 Å². The molecule has 0 aromatic heterocycles. The van der Waals surface area contributed by atoms with E-state index in [0.29, 0.717) is 11.5 Å². The van der Waals surface area contributed by atoms with Crippen LogP contribution in [0, 0.1) is 0 Å². The Kier molecular flexibility index (Phi) is 5.62. The number of carboxylic acids is 1. The Morgan fingerprint density at radius 2 is 1.95 bits per heavy atom. The molecule has 1 unspecified atom stereocenters. The topological polar surface area (TPSA) is 105 Å². The van der Waals surface area contributed by atoms with Gasteiger partial charge in [-0.05, 0) is 12.1 Å². The number of benzene rings is 1. The predicted octanol–water partition coefficient (Wildman–Crippen LogP) is -0.364. The second-order valence-electron chi connectivity index (χ2n) is 3.58. The van der Waals surface area contributed by atoms with Crippen molar-refractivity contribution in [2.24, 2.45) is 0 Å². The molecule has 1 rings (SSSR count). The fraction of sp³-hybridized carbons (Fsp3) is 0.333. The van der Waals surface area contributed by atoms with E-state index < -0.39 is 24.5 Å². The molecule has 0 bridgehead atoms. The van der Waals surface area contributed by atoms with Crippen LogP contribution in [-0.2, 0) is 9.59 Å². The molecule has 0 aliphatic carbocycles. The van der Waals surface area contributed by atoms with Crippen molar-refractivity contribution in [2.75, 3.05) is 20.3 Å². The number of carbonyl (C=O) groups is 2. The Labute approximate surface area is 109 Å². The molecule has 1 amide bonds. The second-order valence-corrected chi connectivity index (χ2v) is 3.58. The molecule has 1 aromatic carbocycles. The standard InChI is InChI=1S/C12H15NO6/c1-18-9-4-2-3-5-10(9)19-7-11(15)13-8(6-14)12(16)17/h2-5,8,14H,6-7H2,1H3,(H,13,15)(H,16,17). The normalized spacial score (nSPS) is 11.5. The van der Waals surface area contributed by atoms with E-state index in [0.717, 1.165) is 0 Å². The third-order valence-electron chi connectivity index (χ3n) is 2.24. The lowest BCUT2D eigenvalue weighted by Gasteiger charge is -2.13. The zero-order valence-corrected chi connectivity index (χ0v) is 10.3. The Morgan fingerprint density at radius 3 is 2.47 bits per heavy atom. The number of hydrogen-bond acceptors (Lipinski definition) is 5. The van der Waals surface area contributed by atoms with Crippen molar-refractivity contribution in [1.82, 2.24) is 5.32 Å². The average Bonchev–Trinajstić information content (AvgIpc) is 2.42. The van der Waals surface area contributed by atoms with Gasteiger partial charge in [0, 0.05) is 0 Å². The Hall–Kier alpha value is -2.28. The molecule has 0 saturated heterocycles. The van der Waals surface area contributed by atoms with Crippen molar-refractivity contribution in [1.29, 1.82) is 0 Å². The van der Waals surface area contributed by atoms with Crippen LogP contribution in [0.5, 0.6) is 11.5 Å². The van der Waals surface area contributed by atoms with Crippen molar-refractivity contribution in [3.05, 3.63) is 24.3 Å². The number of hydrogen-bond donors (Lipinski definition) is 3. The summed E-state index contributed by atoms with van der Waals surface area (Å²) >= 11 is 0. The summed E-state index contributed by atoms with van der Waals surface area (Å²) in [7, 11) is 1.47. The lowest BCUT2D eigenvalue weighted by Crippen LogP contribution is -2.45. The first-order chi connectivity index (χ1) is 9.08. The molecule has 0 aliphatic rings. The fourth-order valence-electron chi connectivity index (χ4n) is 1.30. The van der Waals surface area contributed by atoms with Gasteiger partial charge >= 0.3 is 5.97 Å². The maximum atomic E-state index is 11.4. The summed E-state index contributed by atoms with van der Waals surface area (Å²) in [5.74, 6) is -1.12. The van der Waals surface area contributed by atoms with Crippen LogP contribution in [-0.4, -0.2) is 48.5 Å². The lowest BCUT2D eigenvalue weighted by atomic mass is 10.3. The van der Waals surface area contributed by atoms with Gasteiger partial charge in [-0.1, -0.05) is 12.1 Å². The van der Waals surface area contributed by atoms with E-state index >= 15 is 0 Å². The minimum absolute atomic E-state index is 0.371. The smallest absolute Gasteiger partial charge is 0.328 e. The molecule has 0 saturated carbocycles. The number of rotatable bonds is 7. The van der Waals surface area contributed by atoms with Crippen LogP contribution in [0.4, 0.5) is 0 Å². The van der Waals surface area contributed by atoms with Gasteiger partial charge in [-0.2, -0.15) is 0 Å². The van der Waals surface area contributed by atoms with Crippen molar-refractivity contribution in [3.63, 3.8) is 0 Å². The first kappa shape index (κ1) is 14.8. The summed E-state index contributed by atoms with van der Waals surface area (Å²) < 4.78 is 10.2. The van der Waals surface area contributed by atoms with Crippen LogP contribution >= 0.6 is 0 Å². The van der Waals surface area contributed by atoms with E-state index in [1.165, 1.54) is 7.11 Å². The van der Waals surface area contributed by atoms with Gasteiger partial charge in [0.25, 0.3) is 5.91 Å². The molecule has 19 heavy (non-hydrogen) atoms. The molecule has 0 fully saturated rings. The van der Waals surface area contributed by atoms with E-state index in [1.54, 1.807) is 24.3 Å². The molecule has 104 valence electrons. The molecule has 0 radical (unpaired) electrons. The largest absolute Gasteiger partial charge is 0.493 e. The highest BCUT2D eigenvalue weighted by atomic mass is 16.5. The van der Waals surface area contributed by atoms with Crippen LogP contribution in [0.2, 0.25) is 0 Å². The summed E-state index contributed by atoms with van der Waals surface area (Å²) in [6.07, 6.45) is 0. The average molecular weight is 269 g/mol. The highest BCUT2D eigenvalue weighted by Gasteiger charge is 2.19. The number of nitrogens with one attached hydrogen (secondary N) is 1. The summed E-state index contributed by atoms with van der Waals surface area (Å²) in [6, 6.07) is 5.41. The number of carbonyl (C=O) groups excluding carboxylic acids is 1. The van der Waals surface area contributed by atoms with Crippen LogP contribution in [0.15, 0.2) is 24.3 Å². The van der Waals surface area contributed by atoms with E-state index in [-0.39, 0.29) is 6.61 Å². The van der Waals surface area contributed by atoms with Gasteiger partial charge in [0.05, 0.1) is 13.7 Å². The van der Waals surface area contributed by atoms with Gasteiger partial charge in [-0.25, -0.2) is 4.79 Å². The lowest BCUT2D eigenvalue weighted by molar-refractivity contribution is -0.143. The molecule has 7 heteroatoms. The van der Waals surface area contributed by atoms with Gasteiger partial charge in [-0.3, -0.25) is 4.79 Å². The maximum Gasteiger partial charge on any atom is 0.328 e. The molecule has 3 N–H and O–H groups in total. The summed E-state index contributed by atoms with van der Waals surface area (Å²) in [6.45, 7) is -1.06. The summed E-state index contributed by atoms with van der Waals surface area (Å²) in [5, 5.41) is 19.5. The number of para-hydroxylation sites is 2. The molecular weight excluding hydrogens is 254 g/mol. The second kappa shape index (κ2) is 7.22. The minimum atomic E-state index is -1.34. The predicted molar refractivity (Wildman–Crippen MR) is 65.1 cm³/mol. The molecule has 1 aromatic rings. The van der Waals surface area contributed by atoms with Crippen molar-refractivity contribution in [3.8, 4) is 11.5 Å². The Balaban J connectivity index is 2.52. The molecule has 0 aliphatic heterocycles. The summed E-state index contributed by atoms with van der Waals surface area (Å²) in [5.41, 5.74) is 0. The first-order valence-electron chi connectivity index (χ1n) is 5.47. The first-order valence-corrected chi connectivity index (χ1v) is 5.47. The number of ether oxygens (including phenoxy) is 2. The number of methoxy groups -OCH3 is 1. The zero-order chi connectivity index (χ0) is 14.3. The molecule has 1 atom stereocenters. The van der Waals surface area contributed by atoms with Gasteiger partial charge in [0.15, 0.2) is 18.1 Å². The third-order valence-corrected chi connectivity index (χ3v) is 2.24. The van der Waals surface area contributed by atoms with Crippen LogP contribution in [0.3, 0.4) is 0 Å². The number of aliphatic carboxylic acids is 1. The highest BCUT2D eigenvalue weighted by Crippen LogP contribution is 2.25. The SMILES string of the molecule is COc1ccccc1OCC(=O)NC(CO)C(=O)O. The summed E-state index contributed by atoms with van der Waals surface area (Å²) in [4.78, 5) is 22.0. The minimum Gasteiger partial charge on any atom is -0.493 e. The number of carboxylic acid groups (broad SMARTS) is 1. The highest BCUT2D eigenvalue weighted by molar-refractivity contribution is 5.84. The quantitative estimate of drug-likeness (QED) is 0.624. The molecular formula is C12H15NO6. The fourth-order valence-corrected chi connectivity index (χ4v) is 1.30. The van der Waals surface area contributed by atoms with E-state index in [1.807, 2.05) is 0 Å². The van der Waals surface area contributed by atoms with Gasteiger partial charge < -0.3 is 25.0 Å². The number of aliphatic hydroxyl groups excluding tert-OH is 1. The number of amides is 1. The molecule has 7 nitrogen and oxygen atoms in total. The maximum absolute atomic E-state index is 11.4. The van der Waals surface area contributed by atoms with Crippen LogP contribution in [0.25, 0.3) is 0 Å². The third kappa shape index (κ3) is 4.47. The van der Waals surface area contributed by atoms with Crippen molar-refractivity contribution < 1.29 is 29.3 Å². The zero-order valence-electron chi connectivity index (χ0n) is 10.3. The van der Waals surface area contributed by atoms with Crippen molar-refractivity contribution in [2.45, 2.75) is 6.04 Å². The van der Waals surface area contributed by atoms with E-state index in [4.69, 9.17) is 19.7 Å². The monoisotopic (exact) mass is 269 g/mol. The van der Waals surface area contributed by atoms with Crippen molar-refractivity contribution >= 4 is 11.9 Å². The number of aliphatic hydroxyl groups is 1. The molecule has 0 heterocycles. The van der Waals surface area contributed by atoms with Crippen LogP contribution < -0.4 is 14.8 Å². The van der Waals surface area contributed by atoms with Gasteiger partial charge in [-0.15, -0.1) is 0 Å². The van der Waals surface area contributed by atoms with Gasteiger partial charge in [0.1, 0.15) is 6.04 Å². The van der Waals surface area contributed by atoms with E-state index in [9.17, 15) is 9.59 Å². The Morgan fingerprint density at radius 1 is 1.32 bits per heavy atom. The van der Waals surface area contributed by atoms with Crippen LogP contribution in [0.1, 0.15) is 0 Å². The molecule has 0 spiro atoms. The Bertz CT molecular complexity index is 448. The van der Waals surface area contributed by atoms with Gasteiger partial charge in [0.2, 0.25) is 0 Å².